The van der Waals surface area contributed by atoms with Crippen LogP contribution in [-0.2, 0) is 9.59 Å². The van der Waals surface area contributed by atoms with Gasteiger partial charge < -0.3 is 19.8 Å². The molecule has 0 heterocycles. The van der Waals surface area contributed by atoms with Crippen LogP contribution in [-0.4, -0.2) is 49.7 Å². The number of aliphatic carboxylic acids is 2. The normalized spacial score (nSPS) is 9.79. The van der Waals surface area contributed by atoms with Gasteiger partial charge in [0.15, 0.2) is 0 Å². The van der Waals surface area contributed by atoms with Crippen molar-refractivity contribution in [1.29, 1.82) is 0 Å². The van der Waals surface area contributed by atoms with Crippen LogP contribution in [0.15, 0.2) is 24.3 Å². The van der Waals surface area contributed by atoms with Gasteiger partial charge in [-0.25, -0.2) is 0 Å². The molecule has 0 aliphatic heterocycles. The molecule has 0 aliphatic carbocycles. The van der Waals surface area contributed by atoms with Gasteiger partial charge in [0.25, 0.3) is 0 Å². The van der Waals surface area contributed by atoms with Gasteiger partial charge in [0, 0.05) is 0 Å². The van der Waals surface area contributed by atoms with Crippen molar-refractivity contribution in [2.75, 3.05) is 0 Å². The Morgan fingerprint density at radius 3 is 1.37 bits per heavy atom. The summed E-state index contributed by atoms with van der Waals surface area (Å²) < 4.78 is 0. The topological polar surface area (TPSA) is 80.3 Å². The summed E-state index contributed by atoms with van der Waals surface area (Å²) >= 11 is 0. The molecule has 4 nitrogen and oxygen atoms in total. The fraction of sp³-hybridized carbons (Fsp3) is 0.571. The van der Waals surface area contributed by atoms with Crippen LogP contribution in [0.25, 0.3) is 0 Å². The van der Waals surface area contributed by atoms with Gasteiger partial charge in [-0.3, -0.25) is 0 Å². The Bertz CT molecular complexity index is 245. The smallest absolute Gasteiger partial charge is 0.545 e. The number of carbonyl (C=O) groups excluding carboxylic acids is 2. The molecule has 0 radical (unpaired) electrons. The predicted octanol–water partition coefficient (Wildman–Crippen LogP) is 0.585. The molecule has 0 saturated carbocycles. The maximum absolute atomic E-state index is 9.76. The zero-order valence-corrected chi connectivity index (χ0v) is 14.1. The van der Waals surface area contributed by atoms with Gasteiger partial charge in [-0.1, -0.05) is 51.7 Å². The van der Waals surface area contributed by atoms with Gasteiger partial charge in [-0.2, -0.15) is 0 Å². The largest absolute Gasteiger partial charge is 2.00 e. The van der Waals surface area contributed by atoms with Gasteiger partial charge in [-0.15, -0.1) is 0 Å². The number of rotatable bonds is 8. The predicted molar refractivity (Wildman–Crippen MR) is 73.1 cm³/mol. The molecular weight excluding hydrogens is 272 g/mol. The van der Waals surface area contributed by atoms with E-state index in [-0.39, 0.29) is 37.7 Å². The summed E-state index contributed by atoms with van der Waals surface area (Å²) in [7, 11) is 0. The number of carbonyl (C=O) groups is 2. The standard InChI is InChI=1S/2C7H12O2.Ca/c2*1-2-3-4-5-6-7(8)9;/h2*5-6H,2-4H2,1H3,(H,8,9);/q;;+2/p-2. The van der Waals surface area contributed by atoms with Crippen LogP contribution in [0.1, 0.15) is 52.4 Å². The average molecular weight is 294 g/mol. The van der Waals surface area contributed by atoms with E-state index in [0.717, 1.165) is 50.7 Å². The van der Waals surface area contributed by atoms with Gasteiger partial charge in [0.05, 0.1) is 11.9 Å². The fourth-order valence-electron chi connectivity index (χ4n) is 1.00. The molecule has 0 rings (SSSR count). The molecule has 0 unspecified atom stereocenters. The van der Waals surface area contributed by atoms with Crippen molar-refractivity contribution in [2.45, 2.75) is 52.4 Å². The molecule has 0 amide bonds. The first-order valence-corrected chi connectivity index (χ1v) is 6.29. The summed E-state index contributed by atoms with van der Waals surface area (Å²) in [5.74, 6) is -2.21. The van der Waals surface area contributed by atoms with E-state index in [4.69, 9.17) is 0 Å². The Labute approximate surface area is 145 Å². The summed E-state index contributed by atoms with van der Waals surface area (Å²) in [6, 6.07) is 0. The number of unbranched alkanes of at least 4 members (excludes halogenated alkanes) is 4. The Kier molecular flexibility index (Phi) is 25.0. The van der Waals surface area contributed by atoms with E-state index in [9.17, 15) is 19.8 Å². The first-order chi connectivity index (χ1) is 8.54. The molecule has 0 N–H and O–H groups in total. The second-order valence-corrected chi connectivity index (χ2v) is 3.73. The van der Waals surface area contributed by atoms with Crippen LogP contribution in [0.4, 0.5) is 0 Å². The first kappa shape index (κ1) is 23.7. The number of carboxylic acid groups (broad SMARTS) is 2. The van der Waals surface area contributed by atoms with Gasteiger partial charge in [-0.05, 0) is 25.0 Å². The molecule has 0 aromatic rings. The maximum Gasteiger partial charge on any atom is 2.00 e. The van der Waals surface area contributed by atoms with Crippen molar-refractivity contribution >= 4 is 49.7 Å². The molecular formula is C14H22CaO4. The van der Waals surface area contributed by atoms with Gasteiger partial charge >= 0.3 is 37.7 Å². The number of hydrogen-bond donors (Lipinski definition) is 0. The molecule has 104 valence electrons. The van der Waals surface area contributed by atoms with Crippen molar-refractivity contribution in [3.05, 3.63) is 24.3 Å². The van der Waals surface area contributed by atoms with E-state index < -0.39 is 11.9 Å². The quantitative estimate of drug-likeness (QED) is 0.373. The van der Waals surface area contributed by atoms with Crippen molar-refractivity contribution in [3.8, 4) is 0 Å². The molecule has 0 spiro atoms. The summed E-state index contributed by atoms with van der Waals surface area (Å²) in [5, 5.41) is 19.5. The SMILES string of the molecule is CCCCC=CC(=O)[O-].CCCCC=CC(=O)[O-].[Ca+2]. The molecule has 0 atom stereocenters. The van der Waals surface area contributed by atoms with Crippen LogP contribution < -0.4 is 10.2 Å². The monoisotopic (exact) mass is 294 g/mol. The van der Waals surface area contributed by atoms with Crippen LogP contribution in [0.2, 0.25) is 0 Å². The van der Waals surface area contributed by atoms with Gasteiger partial charge in [0.1, 0.15) is 0 Å². The third-order valence-corrected chi connectivity index (χ3v) is 1.96. The van der Waals surface area contributed by atoms with Gasteiger partial charge in [0.2, 0.25) is 0 Å². The minimum absolute atomic E-state index is 0. The molecule has 0 fully saturated rings. The molecule has 0 saturated heterocycles. The molecule has 0 aromatic carbocycles. The maximum atomic E-state index is 9.76. The van der Waals surface area contributed by atoms with Crippen molar-refractivity contribution < 1.29 is 19.8 Å². The van der Waals surface area contributed by atoms with Crippen LogP contribution in [0.5, 0.6) is 0 Å². The minimum atomic E-state index is -1.11. The van der Waals surface area contributed by atoms with E-state index in [1.54, 1.807) is 12.2 Å². The van der Waals surface area contributed by atoms with Crippen molar-refractivity contribution in [1.82, 2.24) is 0 Å². The van der Waals surface area contributed by atoms with Crippen LogP contribution >= 0.6 is 0 Å². The number of allylic oxidation sites excluding steroid dienone is 2. The van der Waals surface area contributed by atoms with E-state index in [1.165, 1.54) is 0 Å². The zero-order valence-electron chi connectivity index (χ0n) is 11.9. The average Bonchev–Trinajstić information content (AvgIpc) is 2.31. The Morgan fingerprint density at radius 1 is 0.842 bits per heavy atom. The molecule has 0 bridgehead atoms. The Balaban J connectivity index is -0.000000256. The second-order valence-electron chi connectivity index (χ2n) is 3.73. The fourth-order valence-corrected chi connectivity index (χ4v) is 1.00. The Hall–Kier alpha value is -0.320. The van der Waals surface area contributed by atoms with E-state index in [0.29, 0.717) is 0 Å². The van der Waals surface area contributed by atoms with E-state index in [1.807, 2.05) is 0 Å². The summed E-state index contributed by atoms with van der Waals surface area (Å²) in [5.41, 5.74) is 0. The number of hydrogen-bond acceptors (Lipinski definition) is 4. The van der Waals surface area contributed by atoms with E-state index in [2.05, 4.69) is 13.8 Å². The second kappa shape index (κ2) is 20.0. The molecule has 0 aromatic heterocycles. The molecule has 0 aliphatic rings. The van der Waals surface area contributed by atoms with Crippen LogP contribution in [0.3, 0.4) is 0 Å². The summed E-state index contributed by atoms with van der Waals surface area (Å²) in [6.07, 6.45) is 11.4. The first-order valence-electron chi connectivity index (χ1n) is 6.29. The third-order valence-electron chi connectivity index (χ3n) is 1.96. The molecule has 19 heavy (non-hydrogen) atoms. The minimum Gasteiger partial charge on any atom is -0.545 e. The van der Waals surface area contributed by atoms with Crippen molar-refractivity contribution in [2.24, 2.45) is 0 Å². The third kappa shape index (κ3) is 31.9. The summed E-state index contributed by atoms with van der Waals surface area (Å²) in [6.45, 7) is 4.12. The van der Waals surface area contributed by atoms with Crippen LogP contribution in [0, 0.1) is 0 Å². The molecule has 5 heteroatoms. The Morgan fingerprint density at radius 2 is 1.16 bits per heavy atom. The number of carboxylic acids is 2. The van der Waals surface area contributed by atoms with E-state index >= 15 is 0 Å². The van der Waals surface area contributed by atoms with Crippen molar-refractivity contribution in [3.63, 3.8) is 0 Å². The zero-order chi connectivity index (χ0) is 14.2. The summed E-state index contributed by atoms with van der Waals surface area (Å²) in [4.78, 5) is 19.5.